The molecule has 0 amide bonds. The van der Waals surface area contributed by atoms with Gasteiger partial charge < -0.3 is 10.4 Å². The molecule has 1 unspecified atom stereocenters. The number of halogens is 1. The molecular formula is C15H22ClNOS. The zero-order valence-corrected chi connectivity index (χ0v) is 12.9. The molecule has 4 heteroatoms. The van der Waals surface area contributed by atoms with E-state index in [9.17, 15) is 5.11 Å². The van der Waals surface area contributed by atoms with Gasteiger partial charge in [0.05, 0.1) is 12.1 Å². The molecule has 0 bridgehead atoms. The Kier molecular flexibility index (Phi) is 5.58. The lowest BCUT2D eigenvalue weighted by atomic mass is 9.97. The van der Waals surface area contributed by atoms with Gasteiger partial charge in [0.1, 0.15) is 0 Å². The van der Waals surface area contributed by atoms with Crippen LogP contribution in [0.3, 0.4) is 0 Å². The van der Waals surface area contributed by atoms with E-state index in [0.29, 0.717) is 5.92 Å². The number of benzene rings is 1. The van der Waals surface area contributed by atoms with Gasteiger partial charge in [-0.25, -0.2) is 0 Å². The van der Waals surface area contributed by atoms with Crippen LogP contribution in [-0.4, -0.2) is 29.5 Å². The summed E-state index contributed by atoms with van der Waals surface area (Å²) in [6.45, 7) is 3.26. The molecule has 106 valence electrons. The van der Waals surface area contributed by atoms with E-state index in [2.05, 4.69) is 24.4 Å². The van der Waals surface area contributed by atoms with Crippen molar-refractivity contribution in [1.29, 1.82) is 0 Å². The predicted octanol–water partition coefficient (Wildman–Crippen LogP) is 3.32. The van der Waals surface area contributed by atoms with E-state index in [0.717, 1.165) is 23.1 Å². The van der Waals surface area contributed by atoms with Crippen LogP contribution in [-0.2, 0) is 5.75 Å². The summed E-state index contributed by atoms with van der Waals surface area (Å²) in [6, 6.07) is 8.00. The van der Waals surface area contributed by atoms with Crippen LogP contribution in [0.5, 0.6) is 0 Å². The van der Waals surface area contributed by atoms with Crippen LogP contribution in [0.1, 0.15) is 25.3 Å². The molecule has 1 atom stereocenters. The van der Waals surface area contributed by atoms with Crippen LogP contribution in [0.2, 0.25) is 5.02 Å². The first-order valence-corrected chi connectivity index (χ1v) is 8.41. The zero-order valence-electron chi connectivity index (χ0n) is 11.4. The minimum atomic E-state index is -0.0775. The van der Waals surface area contributed by atoms with Crippen molar-refractivity contribution in [2.24, 2.45) is 5.92 Å². The summed E-state index contributed by atoms with van der Waals surface area (Å²) in [5, 5.41) is 14.1. The van der Waals surface area contributed by atoms with Crippen molar-refractivity contribution in [2.75, 3.05) is 18.9 Å². The number of rotatable bonds is 8. The second-order valence-electron chi connectivity index (χ2n) is 5.24. The van der Waals surface area contributed by atoms with Crippen LogP contribution in [0.25, 0.3) is 0 Å². The van der Waals surface area contributed by atoms with E-state index in [1.807, 2.05) is 23.9 Å². The van der Waals surface area contributed by atoms with Gasteiger partial charge >= 0.3 is 0 Å². The molecule has 1 fully saturated rings. The Bertz CT molecular complexity index is 394. The second-order valence-corrected chi connectivity index (χ2v) is 6.66. The Morgan fingerprint density at radius 1 is 1.37 bits per heavy atom. The number of hydrogen-bond donors (Lipinski definition) is 2. The highest BCUT2D eigenvalue weighted by molar-refractivity contribution is 7.98. The summed E-state index contributed by atoms with van der Waals surface area (Å²) < 4.78 is 0. The number of nitrogens with one attached hydrogen (secondary N) is 1. The molecule has 0 aromatic heterocycles. The topological polar surface area (TPSA) is 32.3 Å². The molecule has 1 aromatic rings. The summed E-state index contributed by atoms with van der Waals surface area (Å²) in [6.07, 6.45) is 2.49. The van der Waals surface area contributed by atoms with Crippen molar-refractivity contribution in [3.05, 3.63) is 34.9 Å². The minimum absolute atomic E-state index is 0.0775. The molecule has 0 aliphatic heterocycles. The average molecular weight is 300 g/mol. The maximum atomic E-state index is 9.76. The van der Waals surface area contributed by atoms with Crippen molar-refractivity contribution < 1.29 is 5.11 Å². The van der Waals surface area contributed by atoms with Gasteiger partial charge in [-0.15, -0.1) is 0 Å². The van der Waals surface area contributed by atoms with E-state index in [4.69, 9.17) is 11.6 Å². The summed E-state index contributed by atoms with van der Waals surface area (Å²) in [7, 11) is 0. The Morgan fingerprint density at radius 3 is 2.58 bits per heavy atom. The molecule has 1 aliphatic carbocycles. The van der Waals surface area contributed by atoms with Crippen molar-refractivity contribution in [3.8, 4) is 0 Å². The molecular weight excluding hydrogens is 278 g/mol. The van der Waals surface area contributed by atoms with Crippen molar-refractivity contribution in [2.45, 2.75) is 31.1 Å². The summed E-state index contributed by atoms with van der Waals surface area (Å²) in [5.74, 6) is 2.58. The Hall–Kier alpha value is -0.220. The molecule has 2 N–H and O–H groups in total. The molecule has 2 rings (SSSR count). The van der Waals surface area contributed by atoms with Gasteiger partial charge in [0, 0.05) is 16.5 Å². The van der Waals surface area contributed by atoms with Gasteiger partial charge in [0.2, 0.25) is 0 Å². The van der Waals surface area contributed by atoms with Gasteiger partial charge in [-0.1, -0.05) is 30.7 Å². The lowest BCUT2D eigenvalue weighted by Crippen LogP contribution is -2.52. The van der Waals surface area contributed by atoms with Crippen LogP contribution in [0, 0.1) is 5.92 Å². The lowest BCUT2D eigenvalue weighted by molar-refractivity contribution is 0.161. The third-order valence-corrected chi connectivity index (χ3v) is 5.22. The Morgan fingerprint density at radius 2 is 2.05 bits per heavy atom. The Balaban J connectivity index is 1.86. The molecule has 19 heavy (non-hydrogen) atoms. The largest absolute Gasteiger partial charge is 0.394 e. The molecule has 1 aromatic carbocycles. The van der Waals surface area contributed by atoms with E-state index < -0.39 is 0 Å². The molecule has 1 saturated carbocycles. The first kappa shape index (κ1) is 15.2. The average Bonchev–Trinajstić information content (AvgIpc) is 3.25. The van der Waals surface area contributed by atoms with Crippen LogP contribution in [0.4, 0.5) is 0 Å². The standard InChI is InChI=1S/C15H22ClNOS/c1-2-17-15(10-18,13-5-6-13)11-19-9-12-3-7-14(16)8-4-12/h3-4,7-8,13,17-18H,2,5-6,9-11H2,1H3. The highest BCUT2D eigenvalue weighted by atomic mass is 35.5. The van der Waals surface area contributed by atoms with Crippen molar-refractivity contribution in [1.82, 2.24) is 5.32 Å². The van der Waals surface area contributed by atoms with E-state index >= 15 is 0 Å². The fraction of sp³-hybridized carbons (Fsp3) is 0.600. The quantitative estimate of drug-likeness (QED) is 0.772. The maximum absolute atomic E-state index is 9.76. The predicted molar refractivity (Wildman–Crippen MR) is 83.8 cm³/mol. The minimum Gasteiger partial charge on any atom is -0.394 e. The normalized spacial score (nSPS) is 18.3. The van der Waals surface area contributed by atoms with E-state index in [1.54, 1.807) is 0 Å². The number of likely N-dealkylation sites (N-methyl/N-ethyl adjacent to an activating group) is 1. The van der Waals surface area contributed by atoms with Gasteiger partial charge in [0.15, 0.2) is 0 Å². The highest BCUT2D eigenvalue weighted by Crippen LogP contribution is 2.41. The van der Waals surface area contributed by atoms with Crippen molar-refractivity contribution >= 4 is 23.4 Å². The third-order valence-electron chi connectivity index (χ3n) is 3.71. The SMILES string of the molecule is CCNC(CO)(CSCc1ccc(Cl)cc1)C1CC1. The van der Waals surface area contributed by atoms with Crippen LogP contribution < -0.4 is 5.32 Å². The molecule has 1 aliphatic rings. The van der Waals surface area contributed by atoms with Crippen molar-refractivity contribution in [3.63, 3.8) is 0 Å². The first-order chi connectivity index (χ1) is 9.20. The third kappa shape index (κ3) is 4.12. The number of thioether (sulfide) groups is 1. The van der Waals surface area contributed by atoms with Gasteiger partial charge in [0.25, 0.3) is 0 Å². The van der Waals surface area contributed by atoms with Gasteiger partial charge in [-0.3, -0.25) is 0 Å². The first-order valence-electron chi connectivity index (χ1n) is 6.88. The van der Waals surface area contributed by atoms with E-state index in [1.165, 1.54) is 18.4 Å². The lowest BCUT2D eigenvalue weighted by Gasteiger charge is -2.33. The molecule has 0 saturated heterocycles. The summed E-state index contributed by atoms with van der Waals surface area (Å²) >= 11 is 7.77. The number of hydrogen-bond acceptors (Lipinski definition) is 3. The highest BCUT2D eigenvalue weighted by Gasteiger charge is 2.43. The number of aliphatic hydroxyl groups is 1. The number of aliphatic hydroxyl groups excluding tert-OH is 1. The molecule has 2 nitrogen and oxygen atoms in total. The second kappa shape index (κ2) is 6.98. The maximum Gasteiger partial charge on any atom is 0.0624 e. The monoisotopic (exact) mass is 299 g/mol. The molecule has 0 spiro atoms. The zero-order chi connectivity index (χ0) is 13.7. The Labute approximate surface area is 124 Å². The van der Waals surface area contributed by atoms with Crippen LogP contribution >= 0.6 is 23.4 Å². The fourth-order valence-corrected chi connectivity index (χ4v) is 3.91. The smallest absolute Gasteiger partial charge is 0.0624 e. The van der Waals surface area contributed by atoms with Gasteiger partial charge in [-0.05, 0) is 43.0 Å². The van der Waals surface area contributed by atoms with Gasteiger partial charge in [-0.2, -0.15) is 11.8 Å². The summed E-state index contributed by atoms with van der Waals surface area (Å²) in [5.41, 5.74) is 1.21. The fourth-order valence-electron chi connectivity index (χ4n) is 2.46. The van der Waals surface area contributed by atoms with E-state index in [-0.39, 0.29) is 12.1 Å². The molecule has 0 heterocycles. The molecule has 0 radical (unpaired) electrons. The summed E-state index contributed by atoms with van der Waals surface area (Å²) in [4.78, 5) is 0. The van der Waals surface area contributed by atoms with Crippen LogP contribution in [0.15, 0.2) is 24.3 Å².